The van der Waals surface area contributed by atoms with Gasteiger partial charge in [0.2, 0.25) is 0 Å². The smallest absolute Gasteiger partial charge is 0.344 e. The van der Waals surface area contributed by atoms with Gasteiger partial charge in [0.15, 0.2) is 12.4 Å². The first-order valence-electron chi connectivity index (χ1n) is 5.13. The van der Waals surface area contributed by atoms with Crippen LogP contribution in [0.4, 0.5) is 0 Å². The van der Waals surface area contributed by atoms with Crippen molar-refractivity contribution < 1.29 is 19.1 Å². The minimum absolute atomic E-state index is 0.175. The summed E-state index contributed by atoms with van der Waals surface area (Å²) in [5, 5.41) is 0.443. The second-order valence-electron chi connectivity index (χ2n) is 3.29. The molecule has 0 aliphatic carbocycles. The van der Waals surface area contributed by atoms with E-state index in [2.05, 4.69) is 0 Å². The van der Waals surface area contributed by atoms with Crippen molar-refractivity contribution >= 4 is 23.4 Å². The first-order valence-corrected chi connectivity index (χ1v) is 5.51. The van der Waals surface area contributed by atoms with Gasteiger partial charge in [-0.15, -0.1) is 0 Å². The average Bonchev–Trinajstić information content (AvgIpc) is 2.27. The van der Waals surface area contributed by atoms with Gasteiger partial charge in [0.25, 0.3) is 0 Å². The maximum Gasteiger partial charge on any atom is 0.344 e. The predicted molar refractivity (Wildman–Crippen MR) is 63.6 cm³/mol. The lowest BCUT2D eigenvalue weighted by Crippen LogP contribution is -2.15. The van der Waals surface area contributed by atoms with Crippen LogP contribution in [0.5, 0.6) is 5.75 Å². The van der Waals surface area contributed by atoms with Crippen LogP contribution in [0.25, 0.3) is 0 Å². The maximum absolute atomic E-state index is 11.3. The second kappa shape index (κ2) is 6.25. The van der Waals surface area contributed by atoms with Crippen molar-refractivity contribution in [1.82, 2.24) is 0 Å². The zero-order valence-corrected chi connectivity index (χ0v) is 10.4. The first-order chi connectivity index (χ1) is 8.04. The normalized spacial score (nSPS) is 9.82. The lowest BCUT2D eigenvalue weighted by atomic mass is 10.1. The molecule has 1 aromatic carbocycles. The molecule has 0 N–H and O–H groups in total. The molecular weight excluding hydrogens is 244 g/mol. The number of rotatable bonds is 5. The number of benzene rings is 1. The number of hydrogen-bond acceptors (Lipinski definition) is 4. The van der Waals surface area contributed by atoms with E-state index in [1.165, 1.54) is 13.0 Å². The highest BCUT2D eigenvalue weighted by Crippen LogP contribution is 2.23. The Hall–Kier alpha value is -1.55. The van der Waals surface area contributed by atoms with Crippen molar-refractivity contribution in [3.05, 3.63) is 28.8 Å². The van der Waals surface area contributed by atoms with E-state index in [0.29, 0.717) is 22.9 Å². The maximum atomic E-state index is 11.3. The summed E-state index contributed by atoms with van der Waals surface area (Å²) in [6, 6.07) is 4.65. The summed E-state index contributed by atoms with van der Waals surface area (Å²) in [6.45, 7) is 3.18. The molecule has 0 heterocycles. The van der Waals surface area contributed by atoms with Crippen molar-refractivity contribution in [2.75, 3.05) is 13.2 Å². The molecule has 0 bridgehead atoms. The fraction of sp³-hybridized carbons (Fsp3) is 0.333. The Labute approximate surface area is 104 Å². The number of esters is 1. The van der Waals surface area contributed by atoms with Gasteiger partial charge < -0.3 is 9.47 Å². The number of hydrogen-bond donors (Lipinski definition) is 0. The SMILES string of the molecule is CCOC(=O)COc1ccc(Cl)cc1C(C)=O. The molecule has 17 heavy (non-hydrogen) atoms. The standard InChI is InChI=1S/C12H13ClO4/c1-3-16-12(15)7-17-11-5-4-9(13)6-10(11)8(2)14/h4-6H,3,7H2,1-2H3. The Morgan fingerprint density at radius 2 is 2.06 bits per heavy atom. The van der Waals surface area contributed by atoms with Crippen LogP contribution in [0.1, 0.15) is 24.2 Å². The fourth-order valence-electron chi connectivity index (χ4n) is 1.24. The van der Waals surface area contributed by atoms with E-state index in [-0.39, 0.29) is 12.4 Å². The quantitative estimate of drug-likeness (QED) is 0.600. The van der Waals surface area contributed by atoms with Crippen molar-refractivity contribution in [2.24, 2.45) is 0 Å². The summed E-state index contributed by atoms with van der Waals surface area (Å²) in [5.74, 6) is -0.321. The molecule has 1 aromatic rings. The number of carbonyl (C=O) groups is 2. The summed E-state index contributed by atoms with van der Waals surface area (Å²) < 4.78 is 9.93. The number of ether oxygens (including phenoxy) is 2. The first kappa shape index (κ1) is 13.5. The minimum atomic E-state index is -0.475. The van der Waals surface area contributed by atoms with E-state index in [1.807, 2.05) is 0 Å². The molecule has 0 unspecified atom stereocenters. The molecule has 5 heteroatoms. The minimum Gasteiger partial charge on any atom is -0.481 e. The molecule has 0 aromatic heterocycles. The third kappa shape index (κ3) is 4.07. The van der Waals surface area contributed by atoms with E-state index in [1.54, 1.807) is 19.1 Å². The van der Waals surface area contributed by atoms with Gasteiger partial charge in [-0.3, -0.25) is 4.79 Å². The highest BCUT2D eigenvalue weighted by molar-refractivity contribution is 6.31. The molecule has 0 atom stereocenters. The molecule has 4 nitrogen and oxygen atoms in total. The van der Waals surface area contributed by atoms with E-state index < -0.39 is 5.97 Å². The summed E-state index contributed by atoms with van der Waals surface area (Å²) in [7, 11) is 0. The van der Waals surface area contributed by atoms with E-state index in [0.717, 1.165) is 0 Å². The lowest BCUT2D eigenvalue weighted by Gasteiger charge is -2.09. The molecule has 1 rings (SSSR count). The van der Waals surface area contributed by atoms with Gasteiger partial charge in [-0.1, -0.05) is 11.6 Å². The summed E-state index contributed by atoms with van der Waals surface area (Å²) >= 11 is 5.77. The third-order valence-corrected chi connectivity index (χ3v) is 2.21. The predicted octanol–water partition coefficient (Wildman–Crippen LogP) is 2.48. The molecule has 0 saturated heterocycles. The number of carbonyl (C=O) groups excluding carboxylic acids is 2. The Balaban J connectivity index is 2.77. The monoisotopic (exact) mass is 256 g/mol. The van der Waals surface area contributed by atoms with Crippen molar-refractivity contribution in [3.63, 3.8) is 0 Å². The number of halogens is 1. The molecule has 0 saturated carbocycles. The Morgan fingerprint density at radius 3 is 2.65 bits per heavy atom. The van der Waals surface area contributed by atoms with Gasteiger partial charge >= 0.3 is 5.97 Å². The van der Waals surface area contributed by atoms with E-state index >= 15 is 0 Å². The Morgan fingerprint density at radius 1 is 1.35 bits per heavy atom. The van der Waals surface area contributed by atoms with Crippen LogP contribution in [0.2, 0.25) is 5.02 Å². The summed E-state index contributed by atoms with van der Waals surface area (Å²) in [4.78, 5) is 22.4. The Kier molecular flexibility index (Phi) is 4.97. The number of Topliss-reactive ketones (excluding diaryl/α,β-unsaturated/α-hetero) is 1. The van der Waals surface area contributed by atoms with Crippen molar-refractivity contribution in [2.45, 2.75) is 13.8 Å². The molecule has 0 fully saturated rings. The zero-order valence-electron chi connectivity index (χ0n) is 9.66. The average molecular weight is 257 g/mol. The zero-order chi connectivity index (χ0) is 12.8. The lowest BCUT2D eigenvalue weighted by molar-refractivity contribution is -0.145. The Bertz CT molecular complexity index is 429. The fourth-order valence-corrected chi connectivity index (χ4v) is 1.41. The van der Waals surface area contributed by atoms with Gasteiger partial charge in [0.05, 0.1) is 12.2 Å². The van der Waals surface area contributed by atoms with Crippen LogP contribution in [-0.2, 0) is 9.53 Å². The van der Waals surface area contributed by atoms with Crippen LogP contribution >= 0.6 is 11.6 Å². The van der Waals surface area contributed by atoms with Gasteiger partial charge in [-0.2, -0.15) is 0 Å². The summed E-state index contributed by atoms with van der Waals surface area (Å²) in [5.41, 5.74) is 0.349. The second-order valence-corrected chi connectivity index (χ2v) is 3.73. The van der Waals surface area contributed by atoms with Crippen LogP contribution in [0, 0.1) is 0 Å². The van der Waals surface area contributed by atoms with Gasteiger partial charge in [-0.05, 0) is 32.0 Å². The van der Waals surface area contributed by atoms with Gasteiger partial charge in [0, 0.05) is 5.02 Å². The molecule has 0 amide bonds. The number of ketones is 1. The van der Waals surface area contributed by atoms with E-state index in [4.69, 9.17) is 21.1 Å². The van der Waals surface area contributed by atoms with Gasteiger partial charge in [0.1, 0.15) is 5.75 Å². The molecule has 0 spiro atoms. The highest BCUT2D eigenvalue weighted by Gasteiger charge is 2.11. The molecule has 0 radical (unpaired) electrons. The molecule has 0 aliphatic rings. The van der Waals surface area contributed by atoms with Gasteiger partial charge in [-0.25, -0.2) is 4.79 Å². The van der Waals surface area contributed by atoms with Crippen LogP contribution in [-0.4, -0.2) is 25.0 Å². The third-order valence-electron chi connectivity index (χ3n) is 1.97. The van der Waals surface area contributed by atoms with Crippen LogP contribution in [0.15, 0.2) is 18.2 Å². The van der Waals surface area contributed by atoms with Crippen molar-refractivity contribution in [1.29, 1.82) is 0 Å². The highest BCUT2D eigenvalue weighted by atomic mass is 35.5. The van der Waals surface area contributed by atoms with Crippen LogP contribution < -0.4 is 4.74 Å². The molecule has 0 aliphatic heterocycles. The molecule has 92 valence electrons. The summed E-state index contributed by atoms with van der Waals surface area (Å²) in [6.07, 6.45) is 0. The van der Waals surface area contributed by atoms with Crippen LogP contribution in [0.3, 0.4) is 0 Å². The topological polar surface area (TPSA) is 52.6 Å². The molecular formula is C12H13ClO4. The van der Waals surface area contributed by atoms with Crippen molar-refractivity contribution in [3.8, 4) is 5.75 Å². The largest absolute Gasteiger partial charge is 0.481 e. The van der Waals surface area contributed by atoms with E-state index in [9.17, 15) is 9.59 Å².